The Morgan fingerprint density at radius 2 is 1.60 bits per heavy atom. The molecule has 0 radical (unpaired) electrons. The van der Waals surface area contributed by atoms with Crippen molar-refractivity contribution in [1.29, 1.82) is 0 Å². The first kappa shape index (κ1) is 12.7. The van der Waals surface area contributed by atoms with Gasteiger partial charge in [0.25, 0.3) is 10.0 Å². The molecule has 0 saturated carbocycles. The lowest BCUT2D eigenvalue weighted by Crippen LogP contribution is -2.35. The molecule has 0 fully saturated rings. The van der Waals surface area contributed by atoms with E-state index >= 15 is 0 Å². The summed E-state index contributed by atoms with van der Waals surface area (Å²) in [6, 6.07) is 15.0. The van der Waals surface area contributed by atoms with Gasteiger partial charge in [-0.05, 0) is 24.3 Å². The fraction of sp³-hybridized carbons (Fsp3) is 0.0714. The smallest absolute Gasteiger partial charge is 0.266 e. The number of nitrogens with zero attached hydrogens (tertiary/aromatic N) is 1. The van der Waals surface area contributed by atoms with Crippen molar-refractivity contribution < 1.29 is 13.2 Å². The number of nitrogens with one attached hydrogen (secondary N) is 1. The molecule has 1 heterocycles. The van der Waals surface area contributed by atoms with E-state index in [-0.39, 0.29) is 17.3 Å². The Hall–Kier alpha value is -2.34. The lowest BCUT2D eigenvalue weighted by atomic mass is 10.3. The summed E-state index contributed by atoms with van der Waals surface area (Å²) in [5.74, 6) is -0.359. The van der Waals surface area contributed by atoms with Gasteiger partial charge in [-0.1, -0.05) is 30.3 Å². The van der Waals surface area contributed by atoms with E-state index in [1.165, 1.54) is 6.07 Å². The van der Waals surface area contributed by atoms with Gasteiger partial charge in [0.15, 0.2) is 0 Å². The molecule has 3 rings (SSSR count). The first-order valence-corrected chi connectivity index (χ1v) is 7.50. The quantitative estimate of drug-likeness (QED) is 0.870. The van der Waals surface area contributed by atoms with E-state index < -0.39 is 10.0 Å². The number of benzene rings is 2. The molecule has 0 saturated heterocycles. The summed E-state index contributed by atoms with van der Waals surface area (Å²) in [5.41, 5.74) is 0.787. The number of para-hydroxylation sites is 2. The lowest BCUT2D eigenvalue weighted by Gasteiger charge is -2.21. The number of hydrogen-bond acceptors (Lipinski definition) is 3. The predicted octanol–water partition coefficient (Wildman–Crippen LogP) is 1.83. The highest BCUT2D eigenvalue weighted by atomic mass is 32.2. The summed E-state index contributed by atoms with van der Waals surface area (Å²) in [6.07, 6.45) is 0. The molecule has 20 heavy (non-hydrogen) atoms. The second-order valence-corrected chi connectivity index (χ2v) is 6.22. The SMILES string of the molecule is O=C1CN(c2ccccc2)S(=O)(=O)c2ccccc2N1. The molecule has 0 aromatic heterocycles. The number of sulfonamides is 1. The van der Waals surface area contributed by atoms with Crippen molar-refractivity contribution in [3.63, 3.8) is 0 Å². The highest BCUT2D eigenvalue weighted by Gasteiger charge is 2.32. The van der Waals surface area contributed by atoms with Crippen molar-refractivity contribution in [3.8, 4) is 0 Å². The maximum atomic E-state index is 12.7. The molecule has 1 amide bonds. The van der Waals surface area contributed by atoms with E-state index in [4.69, 9.17) is 0 Å². The van der Waals surface area contributed by atoms with Crippen LogP contribution in [0, 0.1) is 0 Å². The van der Waals surface area contributed by atoms with Crippen molar-refractivity contribution in [2.75, 3.05) is 16.2 Å². The van der Waals surface area contributed by atoms with Crippen LogP contribution in [0.1, 0.15) is 0 Å². The van der Waals surface area contributed by atoms with Crippen LogP contribution in [-0.4, -0.2) is 20.9 Å². The molecule has 2 aromatic carbocycles. The normalized spacial score (nSPS) is 17.0. The standard InChI is InChI=1S/C14H12N2O3S/c17-14-10-16(11-6-2-1-3-7-11)20(18,19)13-9-5-4-8-12(13)15-14/h1-9H,10H2,(H,15,17). The van der Waals surface area contributed by atoms with Crippen LogP contribution in [0.4, 0.5) is 11.4 Å². The monoisotopic (exact) mass is 288 g/mol. The van der Waals surface area contributed by atoms with Crippen molar-refractivity contribution in [2.24, 2.45) is 0 Å². The molecule has 0 bridgehead atoms. The average Bonchev–Trinajstić information content (AvgIpc) is 2.55. The third-order valence-electron chi connectivity index (χ3n) is 3.06. The Labute approximate surface area is 116 Å². The number of fused-ring (bicyclic) bond motifs is 1. The zero-order valence-corrected chi connectivity index (χ0v) is 11.3. The zero-order valence-electron chi connectivity index (χ0n) is 10.5. The van der Waals surface area contributed by atoms with Gasteiger partial charge in [-0.15, -0.1) is 0 Å². The van der Waals surface area contributed by atoms with Crippen molar-refractivity contribution in [3.05, 3.63) is 54.6 Å². The Kier molecular flexibility index (Phi) is 2.94. The summed E-state index contributed by atoms with van der Waals surface area (Å²) in [5, 5.41) is 2.62. The van der Waals surface area contributed by atoms with Crippen LogP contribution in [0.25, 0.3) is 0 Å². The molecule has 102 valence electrons. The maximum absolute atomic E-state index is 12.7. The molecule has 1 aliphatic heterocycles. The van der Waals surface area contributed by atoms with Gasteiger partial charge in [-0.25, -0.2) is 8.42 Å². The molecular formula is C14H12N2O3S. The Balaban J connectivity index is 2.20. The lowest BCUT2D eigenvalue weighted by molar-refractivity contribution is -0.114. The zero-order chi connectivity index (χ0) is 14.2. The van der Waals surface area contributed by atoms with Gasteiger partial charge in [0, 0.05) is 0 Å². The topological polar surface area (TPSA) is 66.5 Å². The number of rotatable bonds is 1. The van der Waals surface area contributed by atoms with Gasteiger partial charge in [-0.3, -0.25) is 9.10 Å². The van der Waals surface area contributed by atoms with Gasteiger partial charge in [0.2, 0.25) is 5.91 Å². The molecule has 1 N–H and O–H groups in total. The Bertz CT molecular complexity index is 757. The number of carbonyl (C=O) groups excluding carboxylic acids is 1. The molecule has 0 unspecified atom stereocenters. The van der Waals surface area contributed by atoms with Crippen LogP contribution in [0.5, 0.6) is 0 Å². The van der Waals surface area contributed by atoms with Gasteiger partial charge >= 0.3 is 0 Å². The largest absolute Gasteiger partial charge is 0.323 e. The van der Waals surface area contributed by atoms with E-state index in [1.807, 2.05) is 0 Å². The minimum absolute atomic E-state index is 0.106. The van der Waals surface area contributed by atoms with Crippen LogP contribution in [0.3, 0.4) is 0 Å². The third-order valence-corrected chi connectivity index (χ3v) is 4.89. The Morgan fingerprint density at radius 3 is 2.35 bits per heavy atom. The summed E-state index contributed by atoms with van der Waals surface area (Å²) in [7, 11) is -3.76. The highest BCUT2D eigenvalue weighted by molar-refractivity contribution is 7.93. The summed E-state index contributed by atoms with van der Waals surface area (Å²) >= 11 is 0. The molecule has 6 heteroatoms. The highest BCUT2D eigenvalue weighted by Crippen LogP contribution is 2.30. The number of amides is 1. The van der Waals surface area contributed by atoms with Crippen molar-refractivity contribution in [1.82, 2.24) is 0 Å². The predicted molar refractivity (Wildman–Crippen MR) is 76.0 cm³/mol. The first-order valence-electron chi connectivity index (χ1n) is 6.06. The van der Waals surface area contributed by atoms with E-state index in [9.17, 15) is 13.2 Å². The maximum Gasteiger partial charge on any atom is 0.266 e. The molecule has 0 aliphatic carbocycles. The molecular weight excluding hydrogens is 276 g/mol. The first-order chi connectivity index (χ1) is 9.59. The van der Waals surface area contributed by atoms with Crippen LogP contribution in [0.15, 0.2) is 59.5 Å². The van der Waals surface area contributed by atoms with Crippen LogP contribution in [0.2, 0.25) is 0 Å². The summed E-state index contributed by atoms with van der Waals surface area (Å²) < 4.78 is 26.5. The number of anilines is 2. The van der Waals surface area contributed by atoms with Crippen LogP contribution < -0.4 is 9.62 Å². The van der Waals surface area contributed by atoms with Gasteiger partial charge in [-0.2, -0.15) is 0 Å². The molecule has 0 atom stereocenters. The van der Waals surface area contributed by atoms with E-state index in [2.05, 4.69) is 5.32 Å². The van der Waals surface area contributed by atoms with Gasteiger partial charge < -0.3 is 5.32 Å². The fourth-order valence-corrected chi connectivity index (χ4v) is 3.71. The van der Waals surface area contributed by atoms with Crippen LogP contribution >= 0.6 is 0 Å². The molecule has 0 spiro atoms. The number of hydrogen-bond donors (Lipinski definition) is 1. The van der Waals surface area contributed by atoms with Crippen LogP contribution in [-0.2, 0) is 14.8 Å². The molecule has 5 nitrogen and oxygen atoms in total. The van der Waals surface area contributed by atoms with E-state index in [1.54, 1.807) is 48.5 Å². The molecule has 2 aromatic rings. The van der Waals surface area contributed by atoms with Crippen molar-refractivity contribution >= 4 is 27.3 Å². The summed E-state index contributed by atoms with van der Waals surface area (Å²) in [4.78, 5) is 12.0. The summed E-state index contributed by atoms with van der Waals surface area (Å²) in [6.45, 7) is -0.235. The average molecular weight is 288 g/mol. The fourth-order valence-electron chi connectivity index (χ4n) is 2.14. The minimum atomic E-state index is -3.76. The van der Waals surface area contributed by atoms with E-state index in [0.717, 1.165) is 4.31 Å². The third kappa shape index (κ3) is 2.04. The minimum Gasteiger partial charge on any atom is -0.323 e. The van der Waals surface area contributed by atoms with Crippen molar-refractivity contribution in [2.45, 2.75) is 4.90 Å². The number of carbonyl (C=O) groups is 1. The Morgan fingerprint density at radius 1 is 0.950 bits per heavy atom. The van der Waals surface area contributed by atoms with Gasteiger partial charge in [0.05, 0.1) is 11.4 Å². The van der Waals surface area contributed by atoms with E-state index in [0.29, 0.717) is 11.4 Å². The van der Waals surface area contributed by atoms with Gasteiger partial charge in [0.1, 0.15) is 11.4 Å². The molecule has 1 aliphatic rings. The second-order valence-electron chi connectivity index (χ2n) is 4.39. The second kappa shape index (κ2) is 4.64.